The second-order valence-electron chi connectivity index (χ2n) is 6.81. The van der Waals surface area contributed by atoms with Crippen LogP contribution in [0.1, 0.15) is 40.3 Å². The lowest BCUT2D eigenvalue weighted by molar-refractivity contribution is 0.0940. The number of aromatic amines is 1. The average molecular weight is 382 g/mol. The van der Waals surface area contributed by atoms with Crippen molar-refractivity contribution in [2.24, 2.45) is 0 Å². The average Bonchev–Trinajstić information content (AvgIpc) is 3.42. The molecule has 3 aromatic rings. The predicted octanol–water partition coefficient (Wildman–Crippen LogP) is 2.80. The quantitative estimate of drug-likeness (QED) is 0.709. The third-order valence-electron chi connectivity index (χ3n) is 5.01. The van der Waals surface area contributed by atoms with Crippen LogP contribution in [0.25, 0.3) is 10.8 Å². The molecule has 140 valence electrons. The van der Waals surface area contributed by atoms with Gasteiger partial charge in [-0.3, -0.25) is 14.8 Å². The van der Waals surface area contributed by atoms with Crippen LogP contribution in [0.4, 0.5) is 0 Å². The summed E-state index contributed by atoms with van der Waals surface area (Å²) in [4.78, 5) is 24.3. The molecular formula is C19H22N6OS. The molecule has 7 nitrogen and oxygen atoms in total. The van der Waals surface area contributed by atoms with Gasteiger partial charge < -0.3 is 5.32 Å². The molecule has 0 saturated carbocycles. The fourth-order valence-corrected chi connectivity index (χ4v) is 4.38. The Kier molecular flexibility index (Phi) is 5.00. The molecule has 1 fully saturated rings. The molecule has 1 amide bonds. The second-order valence-corrected chi connectivity index (χ2v) is 7.81. The zero-order valence-electron chi connectivity index (χ0n) is 15.3. The SMILES string of the molecule is Cc1nc(-c2ncn[nH]2)sc1C(=O)NC1CCN(C(C)c2ccccc2)C1. The molecule has 0 spiro atoms. The van der Waals surface area contributed by atoms with Gasteiger partial charge in [0.1, 0.15) is 11.2 Å². The number of likely N-dealkylation sites (tertiary alicyclic amines) is 1. The van der Waals surface area contributed by atoms with Gasteiger partial charge in [0.2, 0.25) is 0 Å². The summed E-state index contributed by atoms with van der Waals surface area (Å²) < 4.78 is 0. The molecule has 2 atom stereocenters. The predicted molar refractivity (Wildman–Crippen MR) is 105 cm³/mol. The van der Waals surface area contributed by atoms with Gasteiger partial charge in [-0.2, -0.15) is 5.10 Å². The van der Waals surface area contributed by atoms with Gasteiger partial charge >= 0.3 is 0 Å². The molecule has 0 aliphatic carbocycles. The number of aromatic nitrogens is 4. The van der Waals surface area contributed by atoms with Gasteiger partial charge in [0.25, 0.3) is 5.91 Å². The molecule has 2 unspecified atom stereocenters. The number of rotatable bonds is 5. The summed E-state index contributed by atoms with van der Waals surface area (Å²) in [5.41, 5.74) is 2.02. The smallest absolute Gasteiger partial charge is 0.263 e. The first-order valence-electron chi connectivity index (χ1n) is 9.05. The Bertz CT molecular complexity index is 908. The Balaban J connectivity index is 1.39. The van der Waals surface area contributed by atoms with Gasteiger partial charge in [-0.15, -0.1) is 11.3 Å². The van der Waals surface area contributed by atoms with Gasteiger partial charge in [-0.25, -0.2) is 9.97 Å². The maximum atomic E-state index is 12.7. The highest BCUT2D eigenvalue weighted by molar-refractivity contribution is 7.17. The maximum absolute atomic E-state index is 12.7. The molecule has 4 rings (SSSR count). The monoisotopic (exact) mass is 382 g/mol. The van der Waals surface area contributed by atoms with Crippen LogP contribution in [0.15, 0.2) is 36.7 Å². The standard InChI is InChI=1S/C19H22N6OS/c1-12-16(27-19(22-12)17-20-11-21-24-17)18(26)23-15-8-9-25(10-15)13(2)14-6-4-3-5-7-14/h3-7,11,13,15H,8-10H2,1-2H3,(H,23,26)(H,20,21,24). The summed E-state index contributed by atoms with van der Waals surface area (Å²) in [6.07, 6.45) is 2.39. The largest absolute Gasteiger partial charge is 0.347 e. The summed E-state index contributed by atoms with van der Waals surface area (Å²) in [7, 11) is 0. The van der Waals surface area contributed by atoms with Gasteiger partial charge in [0.15, 0.2) is 10.8 Å². The first-order valence-corrected chi connectivity index (χ1v) is 9.86. The second kappa shape index (κ2) is 7.58. The van der Waals surface area contributed by atoms with Crippen molar-refractivity contribution in [3.05, 3.63) is 52.8 Å². The molecule has 1 aromatic carbocycles. The Hall–Kier alpha value is -2.58. The number of carbonyl (C=O) groups excluding carboxylic acids is 1. The Morgan fingerprint density at radius 1 is 1.37 bits per heavy atom. The number of amides is 1. The van der Waals surface area contributed by atoms with Crippen LogP contribution < -0.4 is 5.32 Å². The van der Waals surface area contributed by atoms with Crippen molar-refractivity contribution in [2.75, 3.05) is 13.1 Å². The zero-order chi connectivity index (χ0) is 18.8. The Labute approximate surface area is 161 Å². The van der Waals surface area contributed by atoms with E-state index in [1.54, 1.807) is 0 Å². The van der Waals surface area contributed by atoms with E-state index in [2.05, 4.69) is 61.6 Å². The van der Waals surface area contributed by atoms with Crippen LogP contribution in [0.5, 0.6) is 0 Å². The van der Waals surface area contributed by atoms with Gasteiger partial charge in [-0.1, -0.05) is 30.3 Å². The molecule has 1 aliphatic rings. The summed E-state index contributed by atoms with van der Waals surface area (Å²) in [5, 5.41) is 10.5. The molecule has 2 aromatic heterocycles. The fraction of sp³-hybridized carbons (Fsp3) is 0.368. The van der Waals surface area contributed by atoms with E-state index in [0.717, 1.165) is 25.2 Å². The van der Waals surface area contributed by atoms with Crippen LogP contribution in [-0.4, -0.2) is 50.1 Å². The highest BCUT2D eigenvalue weighted by Gasteiger charge is 2.29. The highest BCUT2D eigenvalue weighted by atomic mass is 32.1. The van der Waals surface area contributed by atoms with Crippen molar-refractivity contribution in [2.45, 2.75) is 32.4 Å². The van der Waals surface area contributed by atoms with E-state index in [1.807, 2.05) is 13.0 Å². The minimum absolute atomic E-state index is 0.0602. The van der Waals surface area contributed by atoms with Crippen molar-refractivity contribution in [3.63, 3.8) is 0 Å². The van der Waals surface area contributed by atoms with E-state index in [4.69, 9.17) is 0 Å². The molecule has 2 N–H and O–H groups in total. The summed E-state index contributed by atoms with van der Waals surface area (Å²) in [6.45, 7) is 5.90. The minimum atomic E-state index is -0.0602. The van der Waals surface area contributed by atoms with E-state index in [1.165, 1.54) is 23.2 Å². The summed E-state index contributed by atoms with van der Waals surface area (Å²) in [5.74, 6) is 0.529. The van der Waals surface area contributed by atoms with Crippen LogP contribution in [-0.2, 0) is 0 Å². The normalized spacial score (nSPS) is 18.5. The Morgan fingerprint density at radius 2 is 2.19 bits per heavy atom. The van der Waals surface area contributed by atoms with E-state index < -0.39 is 0 Å². The van der Waals surface area contributed by atoms with Crippen molar-refractivity contribution in [1.29, 1.82) is 0 Å². The molecule has 3 heterocycles. The number of hydrogen-bond donors (Lipinski definition) is 2. The number of carbonyl (C=O) groups is 1. The molecule has 0 bridgehead atoms. The topological polar surface area (TPSA) is 86.8 Å². The van der Waals surface area contributed by atoms with Crippen LogP contribution in [0.2, 0.25) is 0 Å². The molecule has 0 radical (unpaired) electrons. The third kappa shape index (κ3) is 3.77. The molecular weight excluding hydrogens is 360 g/mol. The maximum Gasteiger partial charge on any atom is 0.263 e. The Morgan fingerprint density at radius 3 is 2.93 bits per heavy atom. The number of H-pyrrole nitrogens is 1. The fourth-order valence-electron chi connectivity index (χ4n) is 3.47. The number of aryl methyl sites for hydroxylation is 1. The van der Waals surface area contributed by atoms with Gasteiger partial charge in [0.05, 0.1) is 5.69 Å². The lowest BCUT2D eigenvalue weighted by atomic mass is 10.1. The first-order chi connectivity index (χ1) is 13.1. The van der Waals surface area contributed by atoms with Crippen molar-refractivity contribution < 1.29 is 4.79 Å². The lowest BCUT2D eigenvalue weighted by Gasteiger charge is -2.24. The molecule has 1 saturated heterocycles. The molecule has 27 heavy (non-hydrogen) atoms. The number of thiazole rings is 1. The first kappa shape index (κ1) is 17.8. The highest BCUT2D eigenvalue weighted by Crippen LogP contribution is 2.27. The summed E-state index contributed by atoms with van der Waals surface area (Å²) >= 11 is 1.34. The number of nitrogens with zero attached hydrogens (tertiary/aromatic N) is 4. The van der Waals surface area contributed by atoms with E-state index >= 15 is 0 Å². The van der Waals surface area contributed by atoms with Crippen LogP contribution in [0, 0.1) is 6.92 Å². The summed E-state index contributed by atoms with van der Waals surface area (Å²) in [6, 6.07) is 11.0. The zero-order valence-corrected chi connectivity index (χ0v) is 16.2. The minimum Gasteiger partial charge on any atom is -0.347 e. The third-order valence-corrected chi connectivity index (χ3v) is 6.17. The molecule has 1 aliphatic heterocycles. The number of hydrogen-bond acceptors (Lipinski definition) is 6. The number of nitrogens with one attached hydrogen (secondary N) is 2. The van der Waals surface area contributed by atoms with Crippen molar-refractivity contribution in [1.82, 2.24) is 30.4 Å². The van der Waals surface area contributed by atoms with E-state index in [9.17, 15) is 4.79 Å². The van der Waals surface area contributed by atoms with Crippen LogP contribution in [0.3, 0.4) is 0 Å². The van der Waals surface area contributed by atoms with E-state index in [0.29, 0.717) is 21.8 Å². The lowest BCUT2D eigenvalue weighted by Crippen LogP contribution is -2.37. The number of benzene rings is 1. The molecule has 8 heteroatoms. The van der Waals surface area contributed by atoms with Crippen molar-refractivity contribution in [3.8, 4) is 10.8 Å². The van der Waals surface area contributed by atoms with Crippen LogP contribution >= 0.6 is 11.3 Å². The van der Waals surface area contributed by atoms with Gasteiger partial charge in [-0.05, 0) is 25.8 Å². The van der Waals surface area contributed by atoms with Gasteiger partial charge in [0, 0.05) is 25.2 Å². The van der Waals surface area contributed by atoms with Crippen molar-refractivity contribution >= 4 is 17.2 Å². The van der Waals surface area contributed by atoms with E-state index in [-0.39, 0.29) is 11.9 Å².